The highest BCUT2D eigenvalue weighted by Gasteiger charge is 2.26. The first-order chi connectivity index (χ1) is 9.54. The second-order valence-electron chi connectivity index (χ2n) is 6.11. The van der Waals surface area contributed by atoms with Crippen LogP contribution in [-0.2, 0) is 4.79 Å². The van der Waals surface area contributed by atoms with Gasteiger partial charge in [0.25, 0.3) is 0 Å². The van der Waals surface area contributed by atoms with Crippen LogP contribution in [0.1, 0.15) is 32.1 Å². The van der Waals surface area contributed by atoms with Gasteiger partial charge < -0.3 is 19.8 Å². The Morgan fingerprint density at radius 3 is 2.40 bits per heavy atom. The van der Waals surface area contributed by atoms with Crippen LogP contribution in [0, 0.1) is 0 Å². The minimum absolute atomic E-state index is 0.180. The van der Waals surface area contributed by atoms with Gasteiger partial charge in [0, 0.05) is 32.2 Å². The van der Waals surface area contributed by atoms with Gasteiger partial charge in [-0.2, -0.15) is 0 Å². The van der Waals surface area contributed by atoms with Crippen molar-refractivity contribution in [3.8, 4) is 0 Å². The summed E-state index contributed by atoms with van der Waals surface area (Å²) in [5.41, 5.74) is 0. The third-order valence-corrected chi connectivity index (χ3v) is 4.04. The Bertz CT molecular complexity index is 276. The monoisotopic (exact) mass is 285 g/mol. The van der Waals surface area contributed by atoms with Crippen molar-refractivity contribution in [3.05, 3.63) is 0 Å². The topological polar surface area (TPSA) is 47.0 Å². The van der Waals surface area contributed by atoms with Gasteiger partial charge in [-0.3, -0.25) is 4.79 Å². The summed E-state index contributed by atoms with van der Waals surface area (Å²) in [4.78, 5) is 19.0. The molecule has 5 heteroatoms. The minimum atomic E-state index is 0.180. The fourth-order valence-corrected chi connectivity index (χ4v) is 2.66. The molecule has 1 amide bonds. The molecule has 1 rings (SSSR count). The summed E-state index contributed by atoms with van der Waals surface area (Å²) in [7, 11) is 6.23. The van der Waals surface area contributed by atoms with E-state index < -0.39 is 0 Å². The lowest BCUT2D eigenvalue weighted by Gasteiger charge is -2.38. The number of piperidine rings is 1. The van der Waals surface area contributed by atoms with Gasteiger partial charge in [0.1, 0.15) is 0 Å². The van der Waals surface area contributed by atoms with Crippen LogP contribution in [-0.4, -0.2) is 85.7 Å². The molecule has 1 fully saturated rings. The number of aliphatic hydroxyl groups is 1. The molecule has 1 saturated heterocycles. The highest BCUT2D eigenvalue weighted by atomic mass is 16.3. The number of carbonyl (C=O) groups is 1. The number of hydrogen-bond acceptors (Lipinski definition) is 4. The molecule has 5 nitrogen and oxygen atoms in total. The molecule has 0 unspecified atom stereocenters. The number of likely N-dealkylation sites (N-methyl/N-ethyl adjacent to an activating group) is 1. The summed E-state index contributed by atoms with van der Waals surface area (Å²) >= 11 is 0. The molecule has 118 valence electrons. The maximum Gasteiger partial charge on any atom is 0.222 e. The summed E-state index contributed by atoms with van der Waals surface area (Å²) in [6.45, 7) is 4.07. The molecule has 0 atom stereocenters. The molecule has 0 aliphatic carbocycles. The fourth-order valence-electron chi connectivity index (χ4n) is 2.66. The number of unbranched alkanes of at least 4 members (excludes halogenated alkanes) is 1. The summed E-state index contributed by atoms with van der Waals surface area (Å²) in [6.07, 6.45) is 4.24. The van der Waals surface area contributed by atoms with Crippen molar-refractivity contribution in [1.82, 2.24) is 14.7 Å². The summed E-state index contributed by atoms with van der Waals surface area (Å²) < 4.78 is 0. The molecule has 1 aliphatic heterocycles. The standard InChI is InChI=1S/C15H31N3O2/c1-16(2)11-12-18(15(20)6-4-5-13-19)14-7-9-17(3)10-8-14/h14,19H,4-13H2,1-3H3. The summed E-state index contributed by atoms with van der Waals surface area (Å²) in [5, 5.41) is 8.83. The Morgan fingerprint density at radius 2 is 1.85 bits per heavy atom. The van der Waals surface area contributed by atoms with Gasteiger partial charge in [-0.1, -0.05) is 0 Å². The predicted octanol–water partition coefficient (Wildman–Crippen LogP) is 0.633. The highest BCUT2D eigenvalue weighted by Crippen LogP contribution is 2.17. The Balaban J connectivity index is 2.52. The number of hydrogen-bond donors (Lipinski definition) is 1. The number of amides is 1. The van der Waals surface area contributed by atoms with E-state index in [0.29, 0.717) is 12.5 Å². The largest absolute Gasteiger partial charge is 0.396 e. The molecule has 1 aliphatic rings. The van der Waals surface area contributed by atoms with E-state index in [-0.39, 0.29) is 12.5 Å². The van der Waals surface area contributed by atoms with E-state index in [1.165, 1.54) is 0 Å². The number of likely N-dealkylation sites (tertiary alicyclic amines) is 1. The average molecular weight is 285 g/mol. The Morgan fingerprint density at radius 1 is 1.20 bits per heavy atom. The molecular weight excluding hydrogens is 254 g/mol. The Hall–Kier alpha value is -0.650. The summed E-state index contributed by atoms with van der Waals surface area (Å²) in [6, 6.07) is 0.396. The van der Waals surface area contributed by atoms with E-state index >= 15 is 0 Å². The van der Waals surface area contributed by atoms with Crippen molar-refractivity contribution in [2.45, 2.75) is 38.1 Å². The van der Waals surface area contributed by atoms with Crippen LogP contribution >= 0.6 is 0 Å². The quantitative estimate of drug-likeness (QED) is 0.665. The molecule has 0 bridgehead atoms. The van der Waals surface area contributed by atoms with Crippen molar-refractivity contribution in [3.63, 3.8) is 0 Å². The molecule has 1 heterocycles. The van der Waals surface area contributed by atoms with Crippen molar-refractivity contribution >= 4 is 5.91 Å². The molecule has 20 heavy (non-hydrogen) atoms. The molecule has 0 aromatic carbocycles. The van der Waals surface area contributed by atoms with Crippen molar-refractivity contribution in [1.29, 1.82) is 0 Å². The predicted molar refractivity (Wildman–Crippen MR) is 81.7 cm³/mol. The fraction of sp³-hybridized carbons (Fsp3) is 0.933. The zero-order valence-electron chi connectivity index (χ0n) is 13.3. The summed E-state index contributed by atoms with van der Waals surface area (Å²) in [5.74, 6) is 0.259. The van der Waals surface area contributed by atoms with Crippen LogP contribution in [0.25, 0.3) is 0 Å². The second kappa shape index (κ2) is 9.32. The molecule has 0 spiro atoms. The number of carbonyl (C=O) groups excluding carboxylic acids is 1. The smallest absolute Gasteiger partial charge is 0.222 e. The van der Waals surface area contributed by atoms with E-state index in [0.717, 1.165) is 51.9 Å². The first-order valence-electron chi connectivity index (χ1n) is 7.78. The zero-order valence-corrected chi connectivity index (χ0v) is 13.3. The van der Waals surface area contributed by atoms with Gasteiger partial charge in [-0.05, 0) is 59.9 Å². The highest BCUT2D eigenvalue weighted by molar-refractivity contribution is 5.76. The van der Waals surface area contributed by atoms with Crippen LogP contribution in [0.15, 0.2) is 0 Å². The van der Waals surface area contributed by atoms with Crippen LogP contribution in [0.4, 0.5) is 0 Å². The van der Waals surface area contributed by atoms with Crippen LogP contribution in [0.2, 0.25) is 0 Å². The van der Waals surface area contributed by atoms with E-state index in [9.17, 15) is 4.79 Å². The number of aliphatic hydroxyl groups excluding tert-OH is 1. The van der Waals surface area contributed by atoms with Crippen LogP contribution in [0.3, 0.4) is 0 Å². The van der Waals surface area contributed by atoms with E-state index in [2.05, 4.69) is 21.7 Å². The molecule has 1 N–H and O–H groups in total. The third-order valence-electron chi connectivity index (χ3n) is 4.04. The number of nitrogens with zero attached hydrogens (tertiary/aromatic N) is 3. The Kier molecular flexibility index (Phi) is 8.11. The van der Waals surface area contributed by atoms with Crippen molar-refractivity contribution in [2.75, 3.05) is 53.9 Å². The minimum Gasteiger partial charge on any atom is -0.396 e. The van der Waals surface area contributed by atoms with Crippen molar-refractivity contribution in [2.24, 2.45) is 0 Å². The second-order valence-corrected chi connectivity index (χ2v) is 6.11. The van der Waals surface area contributed by atoms with Gasteiger partial charge in [0.15, 0.2) is 0 Å². The van der Waals surface area contributed by atoms with Gasteiger partial charge in [-0.25, -0.2) is 0 Å². The lowest BCUT2D eigenvalue weighted by Crippen LogP contribution is -2.48. The first-order valence-corrected chi connectivity index (χ1v) is 7.78. The molecule has 0 radical (unpaired) electrons. The van der Waals surface area contributed by atoms with E-state index in [4.69, 9.17) is 5.11 Å². The number of rotatable bonds is 8. The molecule has 0 saturated carbocycles. The molecular formula is C15H31N3O2. The van der Waals surface area contributed by atoms with Crippen molar-refractivity contribution < 1.29 is 9.90 Å². The van der Waals surface area contributed by atoms with Gasteiger partial charge in [0.05, 0.1) is 0 Å². The van der Waals surface area contributed by atoms with E-state index in [1.54, 1.807) is 0 Å². The SMILES string of the molecule is CN(C)CCN(C(=O)CCCCO)C1CCN(C)CC1. The lowest BCUT2D eigenvalue weighted by atomic mass is 10.0. The zero-order chi connectivity index (χ0) is 15.0. The first kappa shape index (κ1) is 17.4. The average Bonchev–Trinajstić information content (AvgIpc) is 2.41. The molecule has 0 aromatic heterocycles. The molecule has 0 aromatic rings. The van der Waals surface area contributed by atoms with Crippen LogP contribution in [0.5, 0.6) is 0 Å². The maximum atomic E-state index is 12.4. The maximum absolute atomic E-state index is 12.4. The third kappa shape index (κ3) is 6.20. The van der Waals surface area contributed by atoms with E-state index in [1.807, 2.05) is 14.1 Å². The normalized spacial score (nSPS) is 17.6. The van der Waals surface area contributed by atoms with Gasteiger partial charge in [0.2, 0.25) is 5.91 Å². The lowest BCUT2D eigenvalue weighted by molar-refractivity contribution is -0.134. The van der Waals surface area contributed by atoms with Gasteiger partial charge in [-0.15, -0.1) is 0 Å². The Labute approximate surface area is 123 Å². The van der Waals surface area contributed by atoms with Gasteiger partial charge >= 0.3 is 0 Å². The van der Waals surface area contributed by atoms with Crippen LogP contribution < -0.4 is 0 Å².